The number of aryl methyl sites for hydroxylation is 1. The van der Waals surface area contributed by atoms with Crippen molar-refractivity contribution in [3.05, 3.63) is 52.2 Å². The summed E-state index contributed by atoms with van der Waals surface area (Å²) in [6.45, 7) is 0.0762. The highest BCUT2D eigenvalue weighted by Gasteiger charge is 2.37. The van der Waals surface area contributed by atoms with Crippen LogP contribution in [0.2, 0.25) is 0 Å². The van der Waals surface area contributed by atoms with E-state index < -0.39 is 17.6 Å². The molecule has 0 saturated carbocycles. The molecule has 1 aromatic heterocycles. The van der Waals surface area contributed by atoms with Gasteiger partial charge in [-0.05, 0) is 37.5 Å². The summed E-state index contributed by atoms with van der Waals surface area (Å²) in [5.74, 6) is -0.566. The Labute approximate surface area is 125 Å². The number of halogens is 1. The lowest BCUT2D eigenvalue weighted by Crippen LogP contribution is -2.29. The van der Waals surface area contributed by atoms with Gasteiger partial charge in [0.1, 0.15) is 17.3 Å². The standard InChI is InChI=1S/C16H13FN2O3/c17-9-5-6-10-12(7-9)16(21)19(15(10)20)8-13-11-3-1-2-4-14(11)22-18-13/h5-7H,1-4,8H2. The highest BCUT2D eigenvalue weighted by atomic mass is 19.1. The topological polar surface area (TPSA) is 63.4 Å². The van der Waals surface area contributed by atoms with E-state index in [9.17, 15) is 14.0 Å². The van der Waals surface area contributed by atoms with Crippen LogP contribution in [-0.4, -0.2) is 21.9 Å². The Bertz CT molecular complexity index is 797. The molecule has 4 rings (SSSR count). The predicted molar refractivity (Wildman–Crippen MR) is 73.7 cm³/mol. The summed E-state index contributed by atoms with van der Waals surface area (Å²) in [6, 6.07) is 3.64. The summed E-state index contributed by atoms with van der Waals surface area (Å²) in [7, 11) is 0. The van der Waals surface area contributed by atoms with Gasteiger partial charge < -0.3 is 4.52 Å². The SMILES string of the molecule is O=C1c2ccc(F)cc2C(=O)N1Cc1noc2c1CCCC2. The monoisotopic (exact) mass is 300 g/mol. The molecule has 2 aromatic rings. The Morgan fingerprint density at radius 2 is 1.91 bits per heavy atom. The van der Waals surface area contributed by atoms with Gasteiger partial charge in [-0.25, -0.2) is 4.39 Å². The first-order valence-electron chi connectivity index (χ1n) is 7.27. The fraction of sp³-hybridized carbons (Fsp3) is 0.312. The van der Waals surface area contributed by atoms with Crippen molar-refractivity contribution in [2.45, 2.75) is 32.2 Å². The van der Waals surface area contributed by atoms with Crippen LogP contribution >= 0.6 is 0 Å². The molecule has 2 amide bonds. The molecule has 0 fully saturated rings. The second-order valence-electron chi connectivity index (χ2n) is 5.62. The van der Waals surface area contributed by atoms with Crippen LogP contribution < -0.4 is 0 Å². The molecule has 0 radical (unpaired) electrons. The number of nitrogens with zero attached hydrogens (tertiary/aromatic N) is 2. The quantitative estimate of drug-likeness (QED) is 0.799. The van der Waals surface area contributed by atoms with Crippen molar-refractivity contribution in [3.8, 4) is 0 Å². The zero-order valence-electron chi connectivity index (χ0n) is 11.8. The lowest BCUT2D eigenvalue weighted by Gasteiger charge is -2.14. The molecule has 2 heterocycles. The molecular formula is C16H13FN2O3. The van der Waals surface area contributed by atoms with Gasteiger partial charge in [0.15, 0.2) is 0 Å². The third-order valence-corrected chi connectivity index (χ3v) is 4.27. The number of aromatic nitrogens is 1. The molecule has 0 atom stereocenters. The Morgan fingerprint density at radius 3 is 2.77 bits per heavy atom. The summed E-state index contributed by atoms with van der Waals surface area (Å²) in [6.07, 6.45) is 3.81. The van der Waals surface area contributed by atoms with Crippen LogP contribution in [0.5, 0.6) is 0 Å². The van der Waals surface area contributed by atoms with E-state index in [1.54, 1.807) is 0 Å². The number of carbonyl (C=O) groups is 2. The first-order chi connectivity index (χ1) is 10.6. The van der Waals surface area contributed by atoms with Gasteiger partial charge in [0, 0.05) is 12.0 Å². The van der Waals surface area contributed by atoms with Gasteiger partial charge in [-0.15, -0.1) is 0 Å². The lowest BCUT2D eigenvalue weighted by molar-refractivity contribution is 0.0638. The number of fused-ring (bicyclic) bond motifs is 2. The molecule has 0 spiro atoms. The first-order valence-corrected chi connectivity index (χ1v) is 7.27. The maximum Gasteiger partial charge on any atom is 0.262 e. The van der Waals surface area contributed by atoms with Crippen molar-refractivity contribution >= 4 is 11.8 Å². The molecular weight excluding hydrogens is 287 g/mol. The second kappa shape index (κ2) is 4.76. The van der Waals surface area contributed by atoms with E-state index in [4.69, 9.17) is 4.52 Å². The van der Waals surface area contributed by atoms with Crippen LogP contribution in [0.4, 0.5) is 4.39 Å². The maximum atomic E-state index is 13.3. The number of imide groups is 1. The molecule has 5 nitrogen and oxygen atoms in total. The van der Waals surface area contributed by atoms with Crippen molar-refractivity contribution in [1.29, 1.82) is 0 Å². The summed E-state index contributed by atoms with van der Waals surface area (Å²) >= 11 is 0. The highest BCUT2D eigenvalue weighted by Crippen LogP contribution is 2.29. The normalized spacial score (nSPS) is 16.9. The Morgan fingerprint density at radius 1 is 1.14 bits per heavy atom. The number of benzene rings is 1. The minimum Gasteiger partial charge on any atom is -0.361 e. The molecule has 2 aliphatic rings. The van der Waals surface area contributed by atoms with E-state index in [0.29, 0.717) is 5.69 Å². The number of rotatable bonds is 2. The third-order valence-electron chi connectivity index (χ3n) is 4.27. The van der Waals surface area contributed by atoms with Gasteiger partial charge in [-0.3, -0.25) is 14.5 Å². The van der Waals surface area contributed by atoms with Crippen LogP contribution in [0.15, 0.2) is 22.7 Å². The zero-order valence-corrected chi connectivity index (χ0v) is 11.8. The summed E-state index contributed by atoms with van der Waals surface area (Å²) in [5.41, 5.74) is 1.99. The van der Waals surface area contributed by atoms with Crippen LogP contribution in [0, 0.1) is 5.82 Å². The Kier molecular flexibility index (Phi) is 2.85. The van der Waals surface area contributed by atoms with Gasteiger partial charge in [0.25, 0.3) is 11.8 Å². The minimum absolute atomic E-state index is 0.0762. The van der Waals surface area contributed by atoms with Crippen LogP contribution in [0.3, 0.4) is 0 Å². The molecule has 22 heavy (non-hydrogen) atoms. The summed E-state index contributed by atoms with van der Waals surface area (Å²) in [4.78, 5) is 25.8. The van der Waals surface area contributed by atoms with E-state index in [1.807, 2.05) is 0 Å². The Balaban J connectivity index is 1.66. The molecule has 1 aliphatic heterocycles. The molecule has 0 N–H and O–H groups in total. The van der Waals surface area contributed by atoms with Gasteiger partial charge >= 0.3 is 0 Å². The minimum atomic E-state index is -0.527. The first kappa shape index (κ1) is 13.2. The van der Waals surface area contributed by atoms with Gasteiger partial charge in [-0.2, -0.15) is 0 Å². The van der Waals surface area contributed by atoms with Crippen LogP contribution in [0.25, 0.3) is 0 Å². The molecule has 0 bridgehead atoms. The van der Waals surface area contributed by atoms with Crippen molar-refractivity contribution < 1.29 is 18.5 Å². The average Bonchev–Trinajstić information content (AvgIpc) is 3.03. The highest BCUT2D eigenvalue weighted by molar-refractivity contribution is 6.21. The molecule has 6 heteroatoms. The summed E-state index contributed by atoms with van der Waals surface area (Å²) < 4.78 is 18.6. The molecule has 1 aromatic carbocycles. The molecule has 112 valence electrons. The average molecular weight is 300 g/mol. The third kappa shape index (κ3) is 1.87. The molecule has 1 aliphatic carbocycles. The predicted octanol–water partition coefficient (Wildman–Crippen LogP) is 2.49. The zero-order chi connectivity index (χ0) is 15.3. The summed E-state index contributed by atoms with van der Waals surface area (Å²) in [5, 5.41) is 4.02. The second-order valence-corrected chi connectivity index (χ2v) is 5.62. The van der Waals surface area contributed by atoms with Crippen LogP contribution in [0.1, 0.15) is 50.6 Å². The van der Waals surface area contributed by atoms with Crippen molar-refractivity contribution in [2.24, 2.45) is 0 Å². The molecule has 0 unspecified atom stereocenters. The van der Waals surface area contributed by atoms with Crippen molar-refractivity contribution in [3.63, 3.8) is 0 Å². The fourth-order valence-electron chi connectivity index (χ4n) is 3.13. The smallest absolute Gasteiger partial charge is 0.262 e. The van der Waals surface area contributed by atoms with Crippen LogP contribution in [-0.2, 0) is 19.4 Å². The largest absolute Gasteiger partial charge is 0.361 e. The fourth-order valence-corrected chi connectivity index (χ4v) is 3.13. The molecule has 0 saturated heterocycles. The number of amides is 2. The van der Waals surface area contributed by atoms with Gasteiger partial charge in [0.2, 0.25) is 0 Å². The van der Waals surface area contributed by atoms with Crippen molar-refractivity contribution in [1.82, 2.24) is 10.1 Å². The number of hydrogen-bond donors (Lipinski definition) is 0. The van der Waals surface area contributed by atoms with E-state index in [-0.39, 0.29) is 17.7 Å². The van der Waals surface area contributed by atoms with Gasteiger partial charge in [0.05, 0.1) is 17.7 Å². The Hall–Kier alpha value is -2.50. The lowest BCUT2D eigenvalue weighted by atomic mass is 9.96. The van der Waals surface area contributed by atoms with Gasteiger partial charge in [-0.1, -0.05) is 5.16 Å². The maximum absolute atomic E-state index is 13.3. The number of hydrogen-bond acceptors (Lipinski definition) is 4. The van der Waals surface area contributed by atoms with E-state index in [2.05, 4.69) is 5.16 Å². The van der Waals surface area contributed by atoms with E-state index in [0.717, 1.165) is 48.0 Å². The van der Waals surface area contributed by atoms with Crippen molar-refractivity contribution in [2.75, 3.05) is 0 Å². The van der Waals surface area contributed by atoms with E-state index >= 15 is 0 Å². The number of carbonyl (C=O) groups excluding carboxylic acids is 2. The van der Waals surface area contributed by atoms with E-state index in [1.165, 1.54) is 12.1 Å².